The summed E-state index contributed by atoms with van der Waals surface area (Å²) in [7, 11) is 0. The Morgan fingerprint density at radius 1 is 0.562 bits per heavy atom. The fraction of sp³-hybridized carbons (Fsp3) is 0.222. The van der Waals surface area contributed by atoms with Crippen LogP contribution in [-0.2, 0) is 19.2 Å². The Kier molecular flexibility index (Phi) is 11.7. The highest BCUT2D eigenvalue weighted by Gasteiger charge is 2.24. The molecule has 0 radical (unpaired) electrons. The van der Waals surface area contributed by atoms with Crippen molar-refractivity contribution in [3.63, 3.8) is 0 Å². The maximum Gasteiger partial charge on any atom is 0.258 e. The first kappa shape index (κ1) is 35.8. The van der Waals surface area contributed by atoms with Gasteiger partial charge in [-0.05, 0) is 118 Å². The van der Waals surface area contributed by atoms with Crippen LogP contribution in [0.5, 0.6) is 0 Å². The van der Waals surface area contributed by atoms with Crippen LogP contribution in [-0.4, -0.2) is 35.5 Å². The van der Waals surface area contributed by atoms with E-state index < -0.39 is 35.5 Å². The number of Topliss-reactive ketones (excluding diaryl/α,β-unsaturated/α-hetero) is 2. The molecule has 2 unspecified atom stereocenters. The van der Waals surface area contributed by atoms with Crippen molar-refractivity contribution < 1.29 is 19.2 Å². The third-order valence-electron chi connectivity index (χ3n) is 7.58. The van der Waals surface area contributed by atoms with E-state index in [9.17, 15) is 19.2 Å². The molecule has 48 heavy (non-hydrogen) atoms. The second-order valence-electron chi connectivity index (χ2n) is 11.4. The quantitative estimate of drug-likeness (QED) is 0.120. The Morgan fingerprint density at radius 2 is 0.979 bits per heavy atom. The predicted octanol–water partition coefficient (Wildman–Crippen LogP) is 9.25. The summed E-state index contributed by atoms with van der Waals surface area (Å²) < 4.78 is 0. The summed E-state index contributed by atoms with van der Waals surface area (Å²) in [5.41, 5.74) is 7.06. The van der Waals surface area contributed by atoms with Crippen LogP contribution in [0, 0.1) is 27.7 Å². The average Bonchev–Trinajstić information content (AvgIpc) is 3.01. The largest absolute Gasteiger partial charge is 0.324 e. The lowest BCUT2D eigenvalue weighted by molar-refractivity contribution is -0.127. The van der Waals surface area contributed by atoms with Gasteiger partial charge in [0.15, 0.2) is 11.6 Å². The Bertz CT molecular complexity index is 1930. The zero-order valence-corrected chi connectivity index (χ0v) is 28.8. The minimum absolute atomic E-state index is 0.249. The fourth-order valence-electron chi connectivity index (χ4n) is 4.53. The summed E-state index contributed by atoms with van der Waals surface area (Å²) in [6.45, 7) is 10.3. The molecule has 2 amide bonds. The van der Waals surface area contributed by atoms with Gasteiger partial charge in [-0.2, -0.15) is 20.5 Å². The number of aryl methyl sites for hydroxylation is 4. The number of benzene rings is 4. The second-order valence-corrected chi connectivity index (χ2v) is 12.2. The number of hydrogen-bond donors (Lipinski definition) is 2. The Hall–Kier alpha value is -5.06. The number of amides is 2. The molecule has 0 saturated carbocycles. The van der Waals surface area contributed by atoms with Crippen molar-refractivity contribution in [2.24, 2.45) is 20.5 Å². The minimum atomic E-state index is -1.37. The minimum Gasteiger partial charge on any atom is -0.324 e. The Morgan fingerprint density at radius 3 is 1.38 bits per heavy atom. The number of rotatable bonds is 11. The first-order chi connectivity index (χ1) is 22.7. The van der Waals surface area contributed by atoms with Crippen LogP contribution >= 0.6 is 23.2 Å². The van der Waals surface area contributed by atoms with E-state index in [4.69, 9.17) is 23.2 Å². The summed E-state index contributed by atoms with van der Waals surface area (Å²) in [4.78, 5) is 50.1. The van der Waals surface area contributed by atoms with Gasteiger partial charge in [0.2, 0.25) is 12.1 Å². The molecule has 4 rings (SSSR count). The van der Waals surface area contributed by atoms with E-state index >= 15 is 0 Å². The van der Waals surface area contributed by atoms with E-state index in [1.54, 1.807) is 36.4 Å². The zero-order chi connectivity index (χ0) is 35.1. The van der Waals surface area contributed by atoms with Gasteiger partial charge in [-0.25, -0.2) is 0 Å². The number of anilines is 2. The van der Waals surface area contributed by atoms with Crippen LogP contribution in [0.4, 0.5) is 22.7 Å². The highest BCUT2D eigenvalue weighted by atomic mass is 35.5. The molecule has 0 aromatic heterocycles. The maximum atomic E-state index is 12.8. The highest BCUT2D eigenvalue weighted by Crippen LogP contribution is 2.39. The van der Waals surface area contributed by atoms with Crippen molar-refractivity contribution in [1.82, 2.24) is 0 Å². The van der Waals surface area contributed by atoms with Crippen LogP contribution in [0.2, 0.25) is 10.0 Å². The Balaban J connectivity index is 1.47. The molecule has 12 heteroatoms. The smallest absolute Gasteiger partial charge is 0.258 e. The lowest BCUT2D eigenvalue weighted by atomic mass is 10.0. The normalized spacial score (nSPS) is 12.6. The third kappa shape index (κ3) is 9.05. The van der Waals surface area contributed by atoms with Crippen LogP contribution in [0.1, 0.15) is 36.1 Å². The number of carbonyl (C=O) groups is 4. The van der Waals surface area contributed by atoms with E-state index in [1.807, 2.05) is 52.0 Å². The first-order valence-electron chi connectivity index (χ1n) is 14.9. The number of nitrogens with one attached hydrogen (secondary N) is 2. The number of nitrogens with zero attached hydrogens (tertiary/aromatic N) is 4. The van der Waals surface area contributed by atoms with Gasteiger partial charge < -0.3 is 10.6 Å². The molecule has 10 nitrogen and oxygen atoms in total. The number of azo groups is 2. The summed E-state index contributed by atoms with van der Waals surface area (Å²) >= 11 is 13.2. The summed E-state index contributed by atoms with van der Waals surface area (Å²) in [6, 6.07) is 17.9. The lowest BCUT2D eigenvalue weighted by Crippen LogP contribution is -2.31. The summed E-state index contributed by atoms with van der Waals surface area (Å²) in [5, 5.41) is 22.1. The number of ketones is 2. The SMILES string of the molecule is CC(=O)C(N=Nc1ccc(-c2c(Cl)cc(N=NC(C(C)=O)C(=O)Nc3ccc(C)c(C)c3)cc2Cl)cc1)C(=O)Nc1ccc(C)c(C)c1. The van der Waals surface area contributed by atoms with E-state index in [-0.39, 0.29) is 15.7 Å². The van der Waals surface area contributed by atoms with Gasteiger partial charge in [0.1, 0.15) is 0 Å². The molecule has 4 aromatic rings. The summed E-state index contributed by atoms with van der Waals surface area (Å²) in [5.74, 6) is -2.14. The molecule has 0 spiro atoms. The third-order valence-corrected chi connectivity index (χ3v) is 8.17. The molecule has 0 aliphatic rings. The fourth-order valence-corrected chi connectivity index (χ4v) is 5.23. The Labute approximate surface area is 288 Å². The van der Waals surface area contributed by atoms with Crippen LogP contribution < -0.4 is 10.6 Å². The molecular weight excluding hydrogens is 651 g/mol. The average molecular weight is 686 g/mol. The number of carbonyl (C=O) groups excluding carboxylic acids is 4. The van der Waals surface area contributed by atoms with Gasteiger partial charge in [0, 0.05) is 16.9 Å². The van der Waals surface area contributed by atoms with Crippen molar-refractivity contribution in [3.05, 3.63) is 105 Å². The second kappa shape index (κ2) is 15.7. The van der Waals surface area contributed by atoms with Crippen LogP contribution in [0.25, 0.3) is 11.1 Å². The molecule has 0 heterocycles. The monoisotopic (exact) mass is 684 g/mol. The van der Waals surface area contributed by atoms with Crippen molar-refractivity contribution in [2.75, 3.05) is 10.6 Å². The zero-order valence-electron chi connectivity index (χ0n) is 27.3. The molecule has 2 atom stereocenters. The first-order valence-corrected chi connectivity index (χ1v) is 15.7. The molecule has 0 fully saturated rings. The lowest BCUT2D eigenvalue weighted by Gasteiger charge is -2.12. The van der Waals surface area contributed by atoms with E-state index in [2.05, 4.69) is 31.1 Å². The van der Waals surface area contributed by atoms with Crippen molar-refractivity contribution in [2.45, 2.75) is 53.6 Å². The molecule has 4 aromatic carbocycles. The summed E-state index contributed by atoms with van der Waals surface area (Å²) in [6.07, 6.45) is 0. The molecular formula is C36H34Cl2N6O4. The van der Waals surface area contributed by atoms with Crippen molar-refractivity contribution in [1.29, 1.82) is 0 Å². The maximum absolute atomic E-state index is 12.8. The van der Waals surface area contributed by atoms with Gasteiger partial charge in [-0.15, -0.1) is 0 Å². The molecule has 246 valence electrons. The molecule has 0 aliphatic carbocycles. The standard InChI is InChI=1S/C36H34Cl2N6O4/c1-19-7-11-27(15-21(19)3)39-35(47)33(23(5)45)43-41-26-13-9-25(10-14-26)32-30(37)17-29(18-31(32)38)42-44-34(24(6)46)36(48)40-28-12-8-20(2)22(4)16-28/h7-18,33-34H,1-6H3,(H,39,47)(H,40,48). The topological polar surface area (TPSA) is 142 Å². The molecule has 0 bridgehead atoms. The van der Waals surface area contributed by atoms with Crippen molar-refractivity contribution in [3.8, 4) is 11.1 Å². The molecule has 2 N–H and O–H groups in total. The van der Waals surface area contributed by atoms with Crippen LogP contribution in [0.3, 0.4) is 0 Å². The van der Waals surface area contributed by atoms with E-state index in [0.29, 0.717) is 28.2 Å². The van der Waals surface area contributed by atoms with Gasteiger partial charge in [0.05, 0.1) is 21.4 Å². The predicted molar refractivity (Wildman–Crippen MR) is 189 cm³/mol. The molecule has 0 aliphatic heterocycles. The van der Waals surface area contributed by atoms with Gasteiger partial charge in [-0.3, -0.25) is 19.2 Å². The van der Waals surface area contributed by atoms with Gasteiger partial charge >= 0.3 is 0 Å². The van der Waals surface area contributed by atoms with Gasteiger partial charge in [-0.1, -0.05) is 47.5 Å². The van der Waals surface area contributed by atoms with Crippen LogP contribution in [0.15, 0.2) is 93.3 Å². The van der Waals surface area contributed by atoms with E-state index in [1.165, 1.54) is 26.0 Å². The molecule has 0 saturated heterocycles. The highest BCUT2D eigenvalue weighted by molar-refractivity contribution is 6.39. The number of hydrogen-bond acceptors (Lipinski definition) is 8. The van der Waals surface area contributed by atoms with Gasteiger partial charge in [0.25, 0.3) is 11.8 Å². The number of halogens is 2. The van der Waals surface area contributed by atoms with E-state index in [0.717, 1.165) is 22.3 Å². The van der Waals surface area contributed by atoms with Crippen molar-refractivity contribution >= 4 is 69.3 Å².